The molecule has 3 aromatic carbocycles. The van der Waals surface area contributed by atoms with Gasteiger partial charge in [0.05, 0.1) is 0 Å². The molecule has 1 heteroatoms. The van der Waals surface area contributed by atoms with Crippen molar-refractivity contribution in [3.63, 3.8) is 0 Å². The van der Waals surface area contributed by atoms with Gasteiger partial charge in [-0.05, 0) is 35.1 Å². The summed E-state index contributed by atoms with van der Waals surface area (Å²) < 4.78 is 1.16. The molecule has 0 amide bonds. The number of hydrogen-bond acceptors (Lipinski definition) is 0. The number of halogens is 1. The van der Waals surface area contributed by atoms with Gasteiger partial charge in [-0.15, -0.1) is 0 Å². The molecule has 0 nitrogen and oxygen atoms in total. The smallest absolute Gasteiger partial charge is 0.0260 e. The summed E-state index contributed by atoms with van der Waals surface area (Å²) in [7, 11) is 0. The van der Waals surface area contributed by atoms with Crippen molar-refractivity contribution >= 4 is 26.7 Å². The van der Waals surface area contributed by atoms with Crippen molar-refractivity contribution in [2.45, 2.75) is 6.92 Å². The minimum absolute atomic E-state index is 1.16. The number of hydrogen-bond donors (Lipinski definition) is 0. The maximum Gasteiger partial charge on any atom is 0.0260 e. The highest BCUT2D eigenvalue weighted by Crippen LogP contribution is 2.36. The molecule has 0 aliphatic carbocycles. The van der Waals surface area contributed by atoms with E-state index in [9.17, 15) is 0 Å². The molecule has 0 heterocycles. The third kappa shape index (κ3) is 1.85. The van der Waals surface area contributed by atoms with Crippen LogP contribution in [0.2, 0.25) is 0 Å². The van der Waals surface area contributed by atoms with Crippen molar-refractivity contribution in [2.75, 3.05) is 0 Å². The summed E-state index contributed by atoms with van der Waals surface area (Å²) in [6, 6.07) is 21.3. The fourth-order valence-electron chi connectivity index (χ4n) is 2.42. The van der Waals surface area contributed by atoms with Crippen LogP contribution in [-0.4, -0.2) is 0 Å². The second-order valence-electron chi connectivity index (χ2n) is 4.46. The van der Waals surface area contributed by atoms with Crippen LogP contribution in [0.1, 0.15) is 5.56 Å². The summed E-state index contributed by atoms with van der Waals surface area (Å²) in [5, 5.41) is 2.57. The Balaban J connectivity index is 2.44. The topological polar surface area (TPSA) is 0 Å². The van der Waals surface area contributed by atoms with Gasteiger partial charge < -0.3 is 0 Å². The molecule has 0 radical (unpaired) electrons. The second-order valence-corrected chi connectivity index (χ2v) is 5.32. The Labute approximate surface area is 115 Å². The third-order valence-corrected chi connectivity index (χ3v) is 3.93. The molecule has 0 aliphatic rings. The van der Waals surface area contributed by atoms with E-state index in [0.29, 0.717) is 0 Å². The van der Waals surface area contributed by atoms with Gasteiger partial charge in [-0.25, -0.2) is 0 Å². The van der Waals surface area contributed by atoms with E-state index < -0.39 is 0 Å². The van der Waals surface area contributed by atoms with E-state index in [1.807, 2.05) is 0 Å². The van der Waals surface area contributed by atoms with Gasteiger partial charge in [0, 0.05) is 9.86 Å². The van der Waals surface area contributed by atoms with Gasteiger partial charge in [0.25, 0.3) is 0 Å². The average Bonchev–Trinajstić information content (AvgIpc) is 2.40. The highest BCUT2D eigenvalue weighted by molar-refractivity contribution is 9.10. The lowest BCUT2D eigenvalue weighted by molar-refractivity contribution is 1.48. The Hall–Kier alpha value is -1.60. The first-order chi connectivity index (χ1) is 8.77. The molecule has 0 saturated heterocycles. The van der Waals surface area contributed by atoms with Crippen molar-refractivity contribution < 1.29 is 0 Å². The third-order valence-electron chi connectivity index (χ3n) is 3.27. The zero-order valence-electron chi connectivity index (χ0n) is 10.2. The average molecular weight is 297 g/mol. The van der Waals surface area contributed by atoms with Gasteiger partial charge in [0.1, 0.15) is 0 Å². The predicted molar refractivity (Wildman–Crippen MR) is 81.8 cm³/mol. The van der Waals surface area contributed by atoms with Crippen LogP contribution in [0, 0.1) is 6.92 Å². The lowest BCUT2D eigenvalue weighted by Gasteiger charge is -2.12. The van der Waals surface area contributed by atoms with Crippen LogP contribution >= 0.6 is 15.9 Å². The van der Waals surface area contributed by atoms with Crippen LogP contribution in [0.3, 0.4) is 0 Å². The Morgan fingerprint density at radius 2 is 1.56 bits per heavy atom. The van der Waals surface area contributed by atoms with E-state index in [0.717, 1.165) is 4.47 Å². The molecule has 18 heavy (non-hydrogen) atoms. The number of rotatable bonds is 1. The fourth-order valence-corrected chi connectivity index (χ4v) is 3.00. The van der Waals surface area contributed by atoms with Crippen LogP contribution in [0.5, 0.6) is 0 Å². The number of aryl methyl sites for hydroxylation is 1. The van der Waals surface area contributed by atoms with Crippen molar-refractivity contribution in [2.24, 2.45) is 0 Å². The highest BCUT2D eigenvalue weighted by Gasteiger charge is 2.09. The largest absolute Gasteiger partial charge is 0.0622 e. The van der Waals surface area contributed by atoms with Gasteiger partial charge in [0.15, 0.2) is 0 Å². The molecular formula is C17H13Br. The van der Waals surface area contributed by atoms with Crippen molar-refractivity contribution in [1.82, 2.24) is 0 Å². The summed E-state index contributed by atoms with van der Waals surface area (Å²) >= 11 is 3.68. The molecule has 0 saturated carbocycles. The first-order valence-electron chi connectivity index (χ1n) is 6.00. The van der Waals surface area contributed by atoms with Crippen LogP contribution in [0.4, 0.5) is 0 Å². The lowest BCUT2D eigenvalue weighted by atomic mass is 9.94. The molecule has 0 N–H and O–H groups in total. The van der Waals surface area contributed by atoms with E-state index in [4.69, 9.17) is 0 Å². The Morgan fingerprint density at radius 1 is 0.778 bits per heavy atom. The standard InChI is InChI=1S/C17H13Br/c1-12-10-11-14-8-5-9-15(18)17(14)16(12)13-6-3-2-4-7-13/h2-11H,1H3. The highest BCUT2D eigenvalue weighted by atomic mass is 79.9. The maximum absolute atomic E-state index is 3.68. The summed E-state index contributed by atoms with van der Waals surface area (Å²) in [4.78, 5) is 0. The summed E-state index contributed by atoms with van der Waals surface area (Å²) in [6.07, 6.45) is 0. The van der Waals surface area contributed by atoms with Gasteiger partial charge in [0.2, 0.25) is 0 Å². The minimum atomic E-state index is 1.16. The Kier molecular flexibility index (Phi) is 2.92. The minimum Gasteiger partial charge on any atom is -0.0622 e. The molecule has 0 bridgehead atoms. The number of fused-ring (bicyclic) bond motifs is 1. The second kappa shape index (κ2) is 4.58. The quantitative estimate of drug-likeness (QED) is 0.550. The first-order valence-corrected chi connectivity index (χ1v) is 6.80. The monoisotopic (exact) mass is 296 g/mol. The van der Waals surface area contributed by atoms with Gasteiger partial charge >= 0.3 is 0 Å². The van der Waals surface area contributed by atoms with Crippen molar-refractivity contribution in [3.05, 3.63) is 70.7 Å². The van der Waals surface area contributed by atoms with Crippen molar-refractivity contribution in [3.8, 4) is 11.1 Å². The summed E-state index contributed by atoms with van der Waals surface area (Å²) in [6.45, 7) is 2.17. The molecule has 0 aliphatic heterocycles. The van der Waals surface area contributed by atoms with Crippen molar-refractivity contribution in [1.29, 1.82) is 0 Å². The molecule has 88 valence electrons. The predicted octanol–water partition coefficient (Wildman–Crippen LogP) is 5.58. The number of benzene rings is 3. The Morgan fingerprint density at radius 3 is 2.33 bits per heavy atom. The fraction of sp³-hybridized carbons (Fsp3) is 0.0588. The van der Waals surface area contributed by atoms with E-state index in [1.165, 1.54) is 27.5 Å². The van der Waals surface area contributed by atoms with E-state index in [-0.39, 0.29) is 0 Å². The molecule has 0 fully saturated rings. The molecule has 0 unspecified atom stereocenters. The summed E-state index contributed by atoms with van der Waals surface area (Å²) in [5.74, 6) is 0. The van der Waals surface area contributed by atoms with Gasteiger partial charge in [-0.2, -0.15) is 0 Å². The molecule has 0 atom stereocenters. The van der Waals surface area contributed by atoms with Crippen LogP contribution < -0.4 is 0 Å². The lowest BCUT2D eigenvalue weighted by Crippen LogP contribution is -1.87. The van der Waals surface area contributed by atoms with E-state index >= 15 is 0 Å². The SMILES string of the molecule is Cc1ccc2cccc(Br)c2c1-c1ccccc1. The maximum atomic E-state index is 3.68. The molecule has 3 rings (SSSR count). The zero-order valence-corrected chi connectivity index (χ0v) is 11.7. The van der Waals surface area contributed by atoms with E-state index in [1.54, 1.807) is 0 Å². The van der Waals surface area contributed by atoms with Gasteiger partial charge in [-0.1, -0.05) is 70.5 Å². The van der Waals surface area contributed by atoms with Crippen LogP contribution in [0.25, 0.3) is 21.9 Å². The zero-order chi connectivity index (χ0) is 12.5. The van der Waals surface area contributed by atoms with Crippen LogP contribution in [0.15, 0.2) is 65.1 Å². The first kappa shape index (κ1) is 11.5. The molecule has 0 spiro atoms. The normalized spacial score (nSPS) is 10.8. The van der Waals surface area contributed by atoms with Gasteiger partial charge in [-0.3, -0.25) is 0 Å². The molecule has 3 aromatic rings. The Bertz CT molecular complexity index is 699. The molecular weight excluding hydrogens is 284 g/mol. The molecule has 0 aromatic heterocycles. The van der Waals surface area contributed by atoms with E-state index in [2.05, 4.69) is 83.5 Å². The van der Waals surface area contributed by atoms with Crippen LogP contribution in [-0.2, 0) is 0 Å². The summed E-state index contributed by atoms with van der Waals surface area (Å²) in [5.41, 5.74) is 3.90.